The second-order valence-electron chi connectivity index (χ2n) is 8.99. The second kappa shape index (κ2) is 8.02. The summed E-state index contributed by atoms with van der Waals surface area (Å²) in [5, 5.41) is 0. The predicted molar refractivity (Wildman–Crippen MR) is 115 cm³/mol. The summed E-state index contributed by atoms with van der Waals surface area (Å²) in [5.41, 5.74) is 1.09. The monoisotopic (exact) mass is 423 g/mol. The molecule has 2 saturated heterocycles. The third-order valence-electron chi connectivity index (χ3n) is 7.45. The molecule has 0 aromatic heterocycles. The van der Waals surface area contributed by atoms with E-state index in [-0.39, 0.29) is 54.4 Å². The number of amides is 3. The van der Waals surface area contributed by atoms with E-state index in [0.717, 1.165) is 37.4 Å². The number of fused-ring (bicyclic) bond motifs is 1. The van der Waals surface area contributed by atoms with Crippen LogP contribution in [0.4, 0.5) is 5.69 Å². The molecule has 6 rings (SSSR count). The third-order valence-corrected chi connectivity index (χ3v) is 7.45. The number of ether oxygens (including phenoxy) is 1. The van der Waals surface area contributed by atoms with Crippen molar-refractivity contribution in [1.82, 2.24) is 9.80 Å². The highest BCUT2D eigenvalue weighted by atomic mass is 16.5. The van der Waals surface area contributed by atoms with Crippen LogP contribution in [-0.4, -0.2) is 67.4 Å². The molecule has 3 fully saturated rings. The van der Waals surface area contributed by atoms with E-state index < -0.39 is 0 Å². The Balaban J connectivity index is 1.15. The highest BCUT2D eigenvalue weighted by Crippen LogP contribution is 2.49. The average Bonchev–Trinajstić information content (AvgIpc) is 3.10. The number of methoxy groups -OCH3 is 1. The van der Waals surface area contributed by atoms with Gasteiger partial charge in [0.2, 0.25) is 17.7 Å². The summed E-state index contributed by atoms with van der Waals surface area (Å²) in [5.74, 6) is 0.695. The quantitative estimate of drug-likeness (QED) is 0.535. The van der Waals surface area contributed by atoms with Gasteiger partial charge in [-0.3, -0.25) is 19.3 Å². The first-order valence-electron chi connectivity index (χ1n) is 11.3. The van der Waals surface area contributed by atoms with E-state index in [1.807, 2.05) is 29.2 Å². The van der Waals surface area contributed by atoms with E-state index in [9.17, 15) is 14.4 Å². The Labute approximate surface area is 182 Å². The molecule has 5 aliphatic rings. The molecule has 4 atom stereocenters. The van der Waals surface area contributed by atoms with Gasteiger partial charge in [0.05, 0.1) is 18.9 Å². The van der Waals surface area contributed by atoms with Gasteiger partial charge >= 0.3 is 0 Å². The first-order valence-corrected chi connectivity index (χ1v) is 11.3. The van der Waals surface area contributed by atoms with E-state index in [4.69, 9.17) is 4.74 Å². The summed E-state index contributed by atoms with van der Waals surface area (Å²) in [6.07, 6.45) is 6.43. The average molecular weight is 424 g/mol. The van der Waals surface area contributed by atoms with E-state index in [1.165, 1.54) is 4.90 Å². The van der Waals surface area contributed by atoms with Crippen molar-refractivity contribution in [2.45, 2.75) is 19.3 Å². The van der Waals surface area contributed by atoms with Crippen molar-refractivity contribution in [3.63, 3.8) is 0 Å². The molecule has 1 saturated carbocycles. The van der Waals surface area contributed by atoms with Crippen molar-refractivity contribution < 1.29 is 19.1 Å². The number of carbonyl (C=O) groups is 3. The van der Waals surface area contributed by atoms with Gasteiger partial charge in [0.1, 0.15) is 5.75 Å². The van der Waals surface area contributed by atoms with Gasteiger partial charge in [-0.25, -0.2) is 0 Å². The summed E-state index contributed by atoms with van der Waals surface area (Å²) in [4.78, 5) is 44.1. The molecule has 2 heterocycles. The Morgan fingerprint density at radius 2 is 1.65 bits per heavy atom. The van der Waals surface area contributed by atoms with Crippen LogP contribution in [0.2, 0.25) is 0 Å². The molecule has 0 spiro atoms. The summed E-state index contributed by atoms with van der Waals surface area (Å²) in [7, 11) is 1.65. The van der Waals surface area contributed by atoms with Crippen molar-refractivity contribution in [2.24, 2.45) is 23.7 Å². The maximum absolute atomic E-state index is 12.9. The highest BCUT2D eigenvalue weighted by Gasteiger charge is 2.56. The normalized spacial score (nSPS) is 29.5. The van der Waals surface area contributed by atoms with Crippen molar-refractivity contribution in [2.75, 3.05) is 44.7 Å². The first-order chi connectivity index (χ1) is 15.1. The lowest BCUT2D eigenvalue weighted by molar-refractivity contribution is -0.141. The van der Waals surface area contributed by atoms with Gasteiger partial charge in [0.15, 0.2) is 0 Å². The lowest BCUT2D eigenvalue weighted by atomic mass is 9.63. The van der Waals surface area contributed by atoms with Crippen molar-refractivity contribution >= 4 is 23.4 Å². The molecular formula is C24H29N3O4. The molecule has 164 valence electrons. The van der Waals surface area contributed by atoms with Gasteiger partial charge in [-0.1, -0.05) is 18.2 Å². The molecular weight excluding hydrogens is 394 g/mol. The number of piperazine rings is 1. The summed E-state index contributed by atoms with van der Waals surface area (Å²) >= 11 is 0. The van der Waals surface area contributed by atoms with Crippen LogP contribution in [0, 0.1) is 23.7 Å². The van der Waals surface area contributed by atoms with Crippen LogP contribution < -0.4 is 9.64 Å². The molecule has 1 aromatic carbocycles. The second-order valence-corrected chi connectivity index (χ2v) is 8.99. The van der Waals surface area contributed by atoms with E-state index in [2.05, 4.69) is 17.1 Å². The molecule has 0 unspecified atom stereocenters. The van der Waals surface area contributed by atoms with Gasteiger partial charge in [-0.15, -0.1) is 0 Å². The topological polar surface area (TPSA) is 70.2 Å². The smallest absolute Gasteiger partial charge is 0.233 e. The van der Waals surface area contributed by atoms with Crippen LogP contribution in [0.1, 0.15) is 19.3 Å². The van der Waals surface area contributed by atoms with Crippen LogP contribution in [0.15, 0.2) is 36.4 Å². The number of nitrogens with zero attached hydrogens (tertiary/aromatic N) is 3. The maximum atomic E-state index is 12.9. The fourth-order valence-corrected chi connectivity index (χ4v) is 5.74. The number of anilines is 1. The van der Waals surface area contributed by atoms with Gasteiger partial charge < -0.3 is 14.5 Å². The van der Waals surface area contributed by atoms with Gasteiger partial charge in [-0.2, -0.15) is 0 Å². The Hall–Kier alpha value is -2.83. The number of hydrogen-bond acceptors (Lipinski definition) is 5. The Kier molecular flexibility index (Phi) is 5.20. The Morgan fingerprint density at radius 1 is 1.00 bits per heavy atom. The number of likely N-dealkylation sites (tertiary alicyclic amines) is 1. The van der Waals surface area contributed by atoms with Gasteiger partial charge in [0.25, 0.3) is 0 Å². The number of rotatable bonds is 5. The maximum Gasteiger partial charge on any atom is 0.233 e. The highest BCUT2D eigenvalue weighted by molar-refractivity contribution is 6.06. The number of hydrogen-bond donors (Lipinski definition) is 0. The minimum absolute atomic E-state index is 0.0156. The molecule has 3 amide bonds. The van der Waals surface area contributed by atoms with Crippen LogP contribution in [-0.2, 0) is 14.4 Å². The zero-order valence-corrected chi connectivity index (χ0v) is 17.9. The summed E-state index contributed by atoms with van der Waals surface area (Å²) < 4.78 is 5.30. The van der Waals surface area contributed by atoms with Crippen molar-refractivity contribution in [3.05, 3.63) is 36.4 Å². The Morgan fingerprint density at radius 3 is 2.23 bits per heavy atom. The van der Waals surface area contributed by atoms with Crippen LogP contribution >= 0.6 is 0 Å². The molecule has 7 nitrogen and oxygen atoms in total. The van der Waals surface area contributed by atoms with Crippen LogP contribution in [0.5, 0.6) is 5.75 Å². The number of allylic oxidation sites excluding steroid dienone is 2. The molecule has 7 heteroatoms. The molecule has 0 radical (unpaired) electrons. The lowest BCUT2D eigenvalue weighted by Gasteiger charge is -2.38. The van der Waals surface area contributed by atoms with Crippen LogP contribution in [0.25, 0.3) is 0 Å². The zero-order chi connectivity index (χ0) is 21.5. The first kappa shape index (κ1) is 20.1. The number of benzene rings is 1. The third kappa shape index (κ3) is 3.50. The zero-order valence-electron chi connectivity index (χ0n) is 17.9. The molecule has 31 heavy (non-hydrogen) atoms. The molecule has 1 aromatic rings. The number of imide groups is 1. The van der Waals surface area contributed by atoms with E-state index >= 15 is 0 Å². The Bertz CT molecular complexity index is 889. The lowest BCUT2D eigenvalue weighted by Crippen LogP contribution is -2.49. The SMILES string of the molecule is COc1cccc(N2CCN(C(=O)CCN3C(=O)[C@H]4[C@H](C3=O)[C@H]3C=C[C@H]4CC3)CC2)c1. The molecule has 0 N–H and O–H groups in total. The minimum Gasteiger partial charge on any atom is -0.497 e. The van der Waals surface area contributed by atoms with Gasteiger partial charge in [0, 0.05) is 50.9 Å². The largest absolute Gasteiger partial charge is 0.497 e. The fourth-order valence-electron chi connectivity index (χ4n) is 5.74. The molecule has 2 bridgehead atoms. The fraction of sp³-hybridized carbons (Fsp3) is 0.542. The minimum atomic E-state index is -0.197. The van der Waals surface area contributed by atoms with Crippen LogP contribution in [0.3, 0.4) is 0 Å². The van der Waals surface area contributed by atoms with Gasteiger partial charge in [-0.05, 0) is 36.8 Å². The van der Waals surface area contributed by atoms with Crippen molar-refractivity contribution in [3.8, 4) is 5.75 Å². The predicted octanol–water partition coefficient (Wildman–Crippen LogP) is 1.93. The van der Waals surface area contributed by atoms with E-state index in [1.54, 1.807) is 7.11 Å². The molecule has 3 aliphatic carbocycles. The standard InChI is InChI=1S/C24H29N3O4/c1-31-19-4-2-3-18(15-19)25-11-13-26(14-12-25)20(28)9-10-27-23(29)21-16-5-6-17(8-7-16)22(21)24(27)30/h2-6,15-17,21-22H,7-14H2,1H3/t16-,17-,21+,22+/m0/s1. The van der Waals surface area contributed by atoms with Crippen molar-refractivity contribution in [1.29, 1.82) is 0 Å². The number of carbonyl (C=O) groups excluding carboxylic acids is 3. The van der Waals surface area contributed by atoms with E-state index in [0.29, 0.717) is 13.1 Å². The summed E-state index contributed by atoms with van der Waals surface area (Å²) in [6, 6.07) is 7.94. The molecule has 2 aliphatic heterocycles. The summed E-state index contributed by atoms with van der Waals surface area (Å²) in [6.45, 7) is 2.98.